The predicted molar refractivity (Wildman–Crippen MR) is 103 cm³/mol. The quantitative estimate of drug-likeness (QED) is 0.577. The summed E-state index contributed by atoms with van der Waals surface area (Å²) in [6, 6.07) is 16.0. The first-order valence-electron chi connectivity index (χ1n) is 9.32. The lowest BCUT2D eigenvalue weighted by atomic mass is 9.81. The van der Waals surface area contributed by atoms with Crippen LogP contribution in [0.2, 0.25) is 0 Å². The number of aliphatic carboxylic acids is 1. The molecule has 0 bridgehead atoms. The molecular weight excluding hydrogens is 342 g/mol. The molecule has 3 N–H and O–H groups in total. The van der Waals surface area contributed by atoms with Crippen molar-refractivity contribution < 1.29 is 19.4 Å². The van der Waals surface area contributed by atoms with Crippen LogP contribution >= 0.6 is 0 Å². The monoisotopic (exact) mass is 367 g/mol. The van der Waals surface area contributed by atoms with E-state index in [1.54, 1.807) is 0 Å². The molecule has 2 aromatic rings. The SMILES string of the molecule is CCC(CC)[C@](N)(C(=O)O)C(=O)OCC1c2ccccc2-c2ccccc21. The van der Waals surface area contributed by atoms with Crippen molar-refractivity contribution in [3.63, 3.8) is 0 Å². The summed E-state index contributed by atoms with van der Waals surface area (Å²) < 4.78 is 5.51. The molecule has 0 fully saturated rings. The highest BCUT2D eigenvalue weighted by atomic mass is 16.5. The fraction of sp³-hybridized carbons (Fsp3) is 0.364. The van der Waals surface area contributed by atoms with Gasteiger partial charge in [-0.1, -0.05) is 75.2 Å². The van der Waals surface area contributed by atoms with Gasteiger partial charge in [0.25, 0.3) is 0 Å². The fourth-order valence-corrected chi connectivity index (χ4v) is 4.08. The Labute approximate surface area is 159 Å². The number of hydrogen-bond donors (Lipinski definition) is 2. The zero-order chi connectivity index (χ0) is 19.6. The molecule has 0 aromatic heterocycles. The van der Waals surface area contributed by atoms with E-state index < -0.39 is 23.4 Å². The van der Waals surface area contributed by atoms with Gasteiger partial charge < -0.3 is 15.6 Å². The third-order valence-electron chi connectivity index (χ3n) is 5.66. The van der Waals surface area contributed by atoms with Gasteiger partial charge in [0.15, 0.2) is 0 Å². The van der Waals surface area contributed by atoms with Crippen molar-refractivity contribution in [2.24, 2.45) is 11.7 Å². The molecule has 1 aliphatic rings. The number of hydrogen-bond acceptors (Lipinski definition) is 4. The molecule has 1 atom stereocenters. The van der Waals surface area contributed by atoms with Gasteiger partial charge in [0.2, 0.25) is 5.54 Å². The van der Waals surface area contributed by atoms with Crippen molar-refractivity contribution in [2.75, 3.05) is 6.61 Å². The van der Waals surface area contributed by atoms with Crippen LogP contribution in [0.3, 0.4) is 0 Å². The second-order valence-corrected chi connectivity index (χ2v) is 7.01. The summed E-state index contributed by atoms with van der Waals surface area (Å²) in [5, 5.41) is 9.62. The molecule has 0 radical (unpaired) electrons. The Kier molecular flexibility index (Phi) is 5.33. The third kappa shape index (κ3) is 3.12. The van der Waals surface area contributed by atoms with Gasteiger partial charge in [-0.2, -0.15) is 0 Å². The van der Waals surface area contributed by atoms with E-state index in [9.17, 15) is 14.7 Å². The maximum Gasteiger partial charge on any atom is 0.338 e. The Bertz CT molecular complexity index is 813. The standard InChI is InChI=1S/C22H25NO4/c1-3-14(4-2)22(23,20(24)25)21(26)27-13-19-17-11-7-5-9-15(17)16-10-6-8-12-18(16)19/h5-12,14,19H,3-4,13,23H2,1-2H3,(H,24,25)/t22-/m0/s1. The fourth-order valence-electron chi connectivity index (χ4n) is 4.08. The number of rotatable bonds is 7. The van der Waals surface area contributed by atoms with Gasteiger partial charge in [-0.3, -0.25) is 0 Å². The number of carbonyl (C=O) groups is 2. The number of ether oxygens (including phenoxy) is 1. The normalized spacial score (nSPS) is 15.1. The van der Waals surface area contributed by atoms with Crippen molar-refractivity contribution in [1.82, 2.24) is 0 Å². The number of fused-ring (bicyclic) bond motifs is 3. The first kappa shape index (κ1) is 19.1. The molecule has 1 aliphatic carbocycles. The maximum absolute atomic E-state index is 12.7. The number of nitrogens with two attached hydrogens (primary N) is 1. The van der Waals surface area contributed by atoms with Crippen molar-refractivity contribution in [3.8, 4) is 11.1 Å². The van der Waals surface area contributed by atoms with Gasteiger partial charge in [0, 0.05) is 5.92 Å². The second-order valence-electron chi connectivity index (χ2n) is 7.01. The van der Waals surface area contributed by atoms with Crippen LogP contribution in [0.1, 0.15) is 43.7 Å². The molecule has 0 saturated heterocycles. The second kappa shape index (κ2) is 7.53. The Morgan fingerprint density at radius 1 is 1.04 bits per heavy atom. The first-order valence-corrected chi connectivity index (χ1v) is 9.32. The molecule has 0 heterocycles. The molecule has 5 nitrogen and oxygen atoms in total. The van der Waals surface area contributed by atoms with Crippen molar-refractivity contribution >= 4 is 11.9 Å². The van der Waals surface area contributed by atoms with E-state index in [-0.39, 0.29) is 12.5 Å². The summed E-state index contributed by atoms with van der Waals surface area (Å²) in [6.07, 6.45) is 0.979. The number of esters is 1. The highest BCUT2D eigenvalue weighted by Crippen LogP contribution is 2.44. The van der Waals surface area contributed by atoms with Crippen molar-refractivity contribution in [1.29, 1.82) is 0 Å². The molecular formula is C22H25NO4. The summed E-state index contributed by atoms with van der Waals surface area (Å²) >= 11 is 0. The predicted octanol–water partition coefficient (Wildman–Crippen LogP) is 3.56. The highest BCUT2D eigenvalue weighted by Gasteiger charge is 2.49. The molecule has 0 amide bonds. The first-order chi connectivity index (χ1) is 12.9. The molecule has 3 rings (SSSR count). The zero-order valence-corrected chi connectivity index (χ0v) is 15.6. The maximum atomic E-state index is 12.7. The Morgan fingerprint density at radius 2 is 1.52 bits per heavy atom. The molecule has 27 heavy (non-hydrogen) atoms. The minimum atomic E-state index is -2.03. The lowest BCUT2D eigenvalue weighted by molar-refractivity contribution is -0.164. The molecule has 0 unspecified atom stereocenters. The summed E-state index contributed by atoms with van der Waals surface area (Å²) in [4.78, 5) is 24.5. The van der Waals surface area contributed by atoms with E-state index in [1.165, 1.54) is 0 Å². The molecule has 0 saturated carbocycles. The molecule has 2 aromatic carbocycles. The van der Waals surface area contributed by atoms with Gasteiger partial charge in [0.05, 0.1) is 0 Å². The van der Waals surface area contributed by atoms with Gasteiger partial charge in [-0.05, 0) is 28.2 Å². The molecule has 5 heteroatoms. The number of carboxylic acid groups (broad SMARTS) is 1. The minimum absolute atomic E-state index is 0.0687. The zero-order valence-electron chi connectivity index (χ0n) is 15.6. The Morgan fingerprint density at radius 3 is 1.96 bits per heavy atom. The average Bonchev–Trinajstić information content (AvgIpc) is 3.00. The van der Waals surface area contributed by atoms with Crippen LogP contribution in [0.5, 0.6) is 0 Å². The molecule has 0 aliphatic heterocycles. The van der Waals surface area contributed by atoms with Crippen LogP contribution < -0.4 is 5.73 Å². The van der Waals surface area contributed by atoms with Crippen LogP contribution in [-0.2, 0) is 14.3 Å². The number of benzene rings is 2. The van der Waals surface area contributed by atoms with E-state index in [4.69, 9.17) is 10.5 Å². The molecule has 142 valence electrons. The number of carboxylic acids is 1. The number of carbonyl (C=O) groups excluding carboxylic acids is 1. The minimum Gasteiger partial charge on any atom is -0.479 e. The summed E-state index contributed by atoms with van der Waals surface area (Å²) in [5.74, 6) is -2.81. The van der Waals surface area contributed by atoms with Crippen LogP contribution in [0.25, 0.3) is 11.1 Å². The molecule has 0 spiro atoms. The topological polar surface area (TPSA) is 89.6 Å². The van der Waals surface area contributed by atoms with Crippen LogP contribution in [0.4, 0.5) is 0 Å². The largest absolute Gasteiger partial charge is 0.479 e. The third-order valence-corrected chi connectivity index (χ3v) is 5.66. The highest BCUT2D eigenvalue weighted by molar-refractivity contribution is 6.04. The van der Waals surface area contributed by atoms with Crippen LogP contribution in [-0.4, -0.2) is 29.2 Å². The van der Waals surface area contributed by atoms with Gasteiger partial charge in [0.1, 0.15) is 6.61 Å². The van der Waals surface area contributed by atoms with E-state index in [0.29, 0.717) is 12.8 Å². The van der Waals surface area contributed by atoms with Gasteiger partial charge in [-0.15, -0.1) is 0 Å². The lowest BCUT2D eigenvalue weighted by Crippen LogP contribution is -2.61. The Balaban J connectivity index is 1.86. The van der Waals surface area contributed by atoms with E-state index in [0.717, 1.165) is 22.3 Å². The van der Waals surface area contributed by atoms with Gasteiger partial charge in [-0.25, -0.2) is 9.59 Å². The van der Waals surface area contributed by atoms with Crippen LogP contribution in [0.15, 0.2) is 48.5 Å². The average molecular weight is 367 g/mol. The summed E-state index contributed by atoms with van der Waals surface area (Å²) in [6.45, 7) is 3.73. The smallest absolute Gasteiger partial charge is 0.338 e. The lowest BCUT2D eigenvalue weighted by Gasteiger charge is -2.30. The summed E-state index contributed by atoms with van der Waals surface area (Å²) in [5.41, 5.74) is 8.41. The van der Waals surface area contributed by atoms with Gasteiger partial charge >= 0.3 is 11.9 Å². The van der Waals surface area contributed by atoms with E-state index in [1.807, 2.05) is 62.4 Å². The van der Waals surface area contributed by atoms with Crippen molar-refractivity contribution in [2.45, 2.75) is 38.1 Å². The van der Waals surface area contributed by atoms with E-state index >= 15 is 0 Å². The Hall–Kier alpha value is -2.66. The summed E-state index contributed by atoms with van der Waals surface area (Å²) in [7, 11) is 0. The van der Waals surface area contributed by atoms with Crippen molar-refractivity contribution in [3.05, 3.63) is 59.7 Å². The van der Waals surface area contributed by atoms with E-state index in [2.05, 4.69) is 0 Å². The van der Waals surface area contributed by atoms with Crippen LogP contribution in [0, 0.1) is 5.92 Å².